The highest BCUT2D eigenvalue weighted by molar-refractivity contribution is 9.10. The molecule has 1 aromatic carbocycles. The number of halogens is 1. The van der Waals surface area contributed by atoms with Crippen molar-refractivity contribution >= 4 is 21.6 Å². The largest absolute Gasteiger partial charge is 0.367 e. The minimum absolute atomic E-state index is 0.336. The van der Waals surface area contributed by atoms with E-state index in [-0.39, 0.29) is 0 Å². The van der Waals surface area contributed by atoms with Gasteiger partial charge in [-0.15, -0.1) is 0 Å². The molecular weight excluding hydrogens is 324 g/mol. The highest BCUT2D eigenvalue weighted by atomic mass is 79.9. The van der Waals surface area contributed by atoms with E-state index < -0.39 is 5.54 Å². The van der Waals surface area contributed by atoms with Crippen molar-refractivity contribution in [1.29, 1.82) is 5.26 Å². The van der Waals surface area contributed by atoms with Gasteiger partial charge in [0.25, 0.3) is 0 Å². The Kier molecular flexibility index (Phi) is 4.99. The Morgan fingerprint density at radius 2 is 1.86 bits per heavy atom. The maximum Gasteiger partial charge on any atom is 0.125 e. The molecule has 0 bridgehead atoms. The summed E-state index contributed by atoms with van der Waals surface area (Å²) < 4.78 is 1.06. The Morgan fingerprint density at radius 1 is 1.19 bits per heavy atom. The van der Waals surface area contributed by atoms with Crippen molar-refractivity contribution in [2.24, 2.45) is 11.3 Å². The summed E-state index contributed by atoms with van der Waals surface area (Å²) in [7, 11) is 0. The first kappa shape index (κ1) is 16.4. The van der Waals surface area contributed by atoms with E-state index in [4.69, 9.17) is 0 Å². The van der Waals surface area contributed by atoms with Crippen LogP contribution in [0, 0.1) is 22.7 Å². The molecule has 0 heterocycles. The third kappa shape index (κ3) is 4.23. The molecule has 2 nitrogen and oxygen atoms in total. The van der Waals surface area contributed by atoms with Crippen molar-refractivity contribution in [2.75, 3.05) is 5.32 Å². The van der Waals surface area contributed by atoms with Crippen LogP contribution < -0.4 is 5.32 Å². The average molecular weight is 349 g/mol. The van der Waals surface area contributed by atoms with Gasteiger partial charge in [0.1, 0.15) is 5.54 Å². The van der Waals surface area contributed by atoms with E-state index in [1.165, 1.54) is 6.42 Å². The van der Waals surface area contributed by atoms with Crippen LogP contribution >= 0.6 is 15.9 Å². The van der Waals surface area contributed by atoms with Crippen LogP contribution in [0.25, 0.3) is 0 Å². The van der Waals surface area contributed by atoms with Gasteiger partial charge >= 0.3 is 0 Å². The second kappa shape index (κ2) is 6.40. The van der Waals surface area contributed by atoms with Gasteiger partial charge in [-0.1, -0.05) is 36.7 Å². The molecule has 2 atom stereocenters. The van der Waals surface area contributed by atoms with Crippen molar-refractivity contribution in [3.05, 3.63) is 28.7 Å². The second-order valence-corrected chi connectivity index (χ2v) is 8.24. The lowest BCUT2D eigenvalue weighted by atomic mass is 9.76. The number of hydrogen-bond acceptors (Lipinski definition) is 2. The summed E-state index contributed by atoms with van der Waals surface area (Å²) in [6, 6.07) is 10.7. The lowest BCUT2D eigenvalue weighted by molar-refractivity contribution is 0.213. The van der Waals surface area contributed by atoms with Crippen molar-refractivity contribution in [2.45, 2.75) is 58.4 Å². The first-order valence-electron chi connectivity index (χ1n) is 7.80. The molecule has 1 N–H and O–H groups in total. The van der Waals surface area contributed by atoms with Crippen LogP contribution in [-0.2, 0) is 0 Å². The maximum atomic E-state index is 9.75. The number of rotatable bonds is 2. The number of nitrogens with zero attached hydrogens (tertiary/aromatic N) is 1. The summed E-state index contributed by atoms with van der Waals surface area (Å²) in [6.45, 7) is 6.96. The number of hydrogen-bond donors (Lipinski definition) is 1. The van der Waals surface area contributed by atoms with Crippen LogP contribution in [0.1, 0.15) is 52.9 Å². The molecule has 1 fully saturated rings. The summed E-state index contributed by atoms with van der Waals surface area (Å²) >= 11 is 3.45. The molecule has 0 amide bonds. The standard InChI is InChI=1S/C18H25BrN2/c1-17(2,3)14-5-4-11-18(13-20,12-10-14)21-16-8-6-15(19)7-9-16/h6-9,14,21H,4-5,10-12H2,1-3H3. The summed E-state index contributed by atoms with van der Waals surface area (Å²) in [4.78, 5) is 0. The molecule has 0 spiro atoms. The van der Waals surface area contributed by atoms with Gasteiger partial charge in [0, 0.05) is 10.2 Å². The number of benzene rings is 1. The Bertz CT molecular complexity index is 510. The first-order valence-corrected chi connectivity index (χ1v) is 8.59. The van der Waals surface area contributed by atoms with Crippen LogP contribution in [0.4, 0.5) is 5.69 Å². The van der Waals surface area contributed by atoms with Crippen LogP contribution in [-0.4, -0.2) is 5.54 Å². The van der Waals surface area contributed by atoms with E-state index in [9.17, 15) is 5.26 Å². The van der Waals surface area contributed by atoms with Gasteiger partial charge in [-0.3, -0.25) is 0 Å². The van der Waals surface area contributed by atoms with E-state index in [0.29, 0.717) is 11.3 Å². The lowest BCUT2D eigenvalue weighted by Gasteiger charge is -2.31. The fourth-order valence-electron chi connectivity index (χ4n) is 3.28. The fraction of sp³-hybridized carbons (Fsp3) is 0.611. The van der Waals surface area contributed by atoms with Gasteiger partial charge in [-0.05, 0) is 67.7 Å². The van der Waals surface area contributed by atoms with Gasteiger partial charge in [-0.25, -0.2) is 0 Å². The average Bonchev–Trinajstić information content (AvgIpc) is 2.64. The van der Waals surface area contributed by atoms with Crippen LogP contribution in [0.2, 0.25) is 0 Å². The zero-order chi connectivity index (χ0) is 15.5. The highest BCUT2D eigenvalue weighted by Crippen LogP contribution is 2.40. The summed E-state index contributed by atoms with van der Waals surface area (Å²) in [5, 5.41) is 13.3. The van der Waals surface area contributed by atoms with E-state index in [2.05, 4.69) is 48.1 Å². The van der Waals surface area contributed by atoms with Gasteiger partial charge in [-0.2, -0.15) is 5.26 Å². The smallest absolute Gasteiger partial charge is 0.125 e. The van der Waals surface area contributed by atoms with Crippen molar-refractivity contribution in [1.82, 2.24) is 0 Å². The molecule has 1 aliphatic rings. The van der Waals surface area contributed by atoms with Crippen LogP contribution in [0.5, 0.6) is 0 Å². The second-order valence-electron chi connectivity index (χ2n) is 7.32. The molecule has 114 valence electrons. The van der Waals surface area contributed by atoms with Gasteiger partial charge < -0.3 is 5.32 Å². The number of nitriles is 1. The zero-order valence-electron chi connectivity index (χ0n) is 13.2. The maximum absolute atomic E-state index is 9.75. The summed E-state index contributed by atoms with van der Waals surface area (Å²) in [5.41, 5.74) is 0.964. The molecule has 1 saturated carbocycles. The zero-order valence-corrected chi connectivity index (χ0v) is 14.8. The van der Waals surface area contributed by atoms with Crippen molar-refractivity contribution in [3.63, 3.8) is 0 Å². The molecule has 1 aliphatic carbocycles. The summed E-state index contributed by atoms with van der Waals surface area (Å²) in [5.74, 6) is 0.708. The van der Waals surface area contributed by atoms with E-state index in [1.54, 1.807) is 0 Å². The third-order valence-corrected chi connectivity index (χ3v) is 5.27. The fourth-order valence-corrected chi connectivity index (χ4v) is 3.54. The van der Waals surface area contributed by atoms with Crippen LogP contribution in [0.3, 0.4) is 0 Å². The molecule has 1 aromatic rings. The van der Waals surface area contributed by atoms with Crippen molar-refractivity contribution in [3.8, 4) is 6.07 Å². The highest BCUT2D eigenvalue weighted by Gasteiger charge is 2.36. The van der Waals surface area contributed by atoms with E-state index >= 15 is 0 Å². The lowest BCUT2D eigenvalue weighted by Crippen LogP contribution is -2.36. The molecule has 0 saturated heterocycles. The first-order chi connectivity index (χ1) is 9.85. The Morgan fingerprint density at radius 3 is 2.43 bits per heavy atom. The molecule has 0 aliphatic heterocycles. The topological polar surface area (TPSA) is 35.8 Å². The molecule has 2 unspecified atom stereocenters. The third-order valence-electron chi connectivity index (χ3n) is 4.74. The van der Waals surface area contributed by atoms with Crippen molar-refractivity contribution < 1.29 is 0 Å². The van der Waals surface area contributed by atoms with E-state index in [1.807, 2.05) is 24.3 Å². The minimum atomic E-state index is -0.409. The van der Waals surface area contributed by atoms with Gasteiger partial charge in [0.2, 0.25) is 0 Å². The molecular formula is C18H25BrN2. The van der Waals surface area contributed by atoms with Gasteiger partial charge in [0.05, 0.1) is 6.07 Å². The molecule has 3 heteroatoms. The number of anilines is 1. The predicted octanol–water partition coefficient (Wildman–Crippen LogP) is 5.75. The monoisotopic (exact) mass is 348 g/mol. The summed E-state index contributed by atoms with van der Waals surface area (Å²) in [6.07, 6.45) is 5.35. The quantitative estimate of drug-likeness (QED) is 0.690. The Labute approximate surface area is 137 Å². The predicted molar refractivity (Wildman–Crippen MR) is 92.1 cm³/mol. The normalized spacial score (nSPS) is 26.7. The molecule has 21 heavy (non-hydrogen) atoms. The number of nitrogens with one attached hydrogen (secondary N) is 1. The van der Waals surface area contributed by atoms with E-state index in [0.717, 1.165) is 35.8 Å². The molecule has 0 aromatic heterocycles. The Balaban J connectivity index is 2.11. The Hall–Kier alpha value is -1.01. The SMILES string of the molecule is CC(C)(C)C1CCCC(C#N)(Nc2ccc(Br)cc2)CC1. The van der Waals surface area contributed by atoms with Gasteiger partial charge in [0.15, 0.2) is 0 Å². The molecule has 2 rings (SSSR count). The van der Waals surface area contributed by atoms with Crippen LogP contribution in [0.15, 0.2) is 28.7 Å². The molecule has 0 radical (unpaired) electrons. The minimum Gasteiger partial charge on any atom is -0.367 e.